The van der Waals surface area contributed by atoms with Crippen molar-refractivity contribution in [3.8, 4) is 0 Å². The summed E-state index contributed by atoms with van der Waals surface area (Å²) in [5.74, 6) is 0.0567. The first-order chi connectivity index (χ1) is 8.15. The van der Waals surface area contributed by atoms with Gasteiger partial charge in [0.2, 0.25) is 0 Å². The van der Waals surface area contributed by atoms with Crippen LogP contribution >= 0.6 is 0 Å². The second kappa shape index (κ2) is 3.35. The van der Waals surface area contributed by atoms with Crippen LogP contribution in [0.3, 0.4) is 0 Å². The Morgan fingerprint density at radius 1 is 0.824 bits per heavy atom. The van der Waals surface area contributed by atoms with Gasteiger partial charge in [-0.1, -0.05) is 0 Å². The van der Waals surface area contributed by atoms with E-state index in [1.54, 1.807) is 24.3 Å². The van der Waals surface area contributed by atoms with Crippen molar-refractivity contribution in [3.63, 3.8) is 0 Å². The molecule has 2 aromatic rings. The number of nitrogens with two attached hydrogens (primary N) is 2. The molecule has 0 unspecified atom stereocenters. The Labute approximate surface area is 99.1 Å². The van der Waals surface area contributed by atoms with Gasteiger partial charge in [0.25, 0.3) is 0 Å². The van der Waals surface area contributed by atoms with Crippen LogP contribution in [0, 0.1) is 0 Å². The molecule has 0 aliphatic heterocycles. The average Bonchev–Trinajstić information content (AvgIpc) is 2.28. The highest BCUT2D eigenvalue weighted by Crippen LogP contribution is 2.29. The van der Waals surface area contributed by atoms with E-state index < -0.39 is 0 Å². The van der Waals surface area contributed by atoms with E-state index in [2.05, 4.69) is 0 Å². The fourth-order valence-electron chi connectivity index (χ4n) is 2.31. The Morgan fingerprint density at radius 3 is 1.76 bits per heavy atom. The van der Waals surface area contributed by atoms with Crippen molar-refractivity contribution in [2.75, 3.05) is 11.5 Å². The lowest BCUT2D eigenvalue weighted by Crippen LogP contribution is -2.15. The van der Waals surface area contributed by atoms with Gasteiger partial charge in [-0.15, -0.1) is 0 Å². The molecule has 0 atom stereocenters. The van der Waals surface area contributed by atoms with Crippen LogP contribution < -0.4 is 11.5 Å². The van der Waals surface area contributed by atoms with Crippen molar-refractivity contribution in [2.45, 2.75) is 6.42 Å². The molecule has 84 valence electrons. The van der Waals surface area contributed by atoms with Crippen LogP contribution in [-0.4, -0.2) is 5.78 Å². The van der Waals surface area contributed by atoms with Gasteiger partial charge >= 0.3 is 0 Å². The Kier molecular flexibility index (Phi) is 1.95. The van der Waals surface area contributed by atoms with E-state index in [9.17, 15) is 4.79 Å². The minimum Gasteiger partial charge on any atom is -0.399 e. The van der Waals surface area contributed by atoms with Crippen LogP contribution in [0.2, 0.25) is 0 Å². The molecular formula is C14H12N2O. The van der Waals surface area contributed by atoms with Crippen LogP contribution in [0.4, 0.5) is 11.4 Å². The van der Waals surface area contributed by atoms with Gasteiger partial charge in [0, 0.05) is 22.5 Å². The normalized spacial score (nSPS) is 13.1. The molecule has 0 saturated heterocycles. The van der Waals surface area contributed by atoms with Crippen LogP contribution in [-0.2, 0) is 6.42 Å². The lowest BCUT2D eigenvalue weighted by Gasteiger charge is -2.19. The van der Waals surface area contributed by atoms with Gasteiger partial charge in [-0.2, -0.15) is 0 Å². The maximum absolute atomic E-state index is 12.2. The third-order valence-corrected chi connectivity index (χ3v) is 3.13. The summed E-state index contributed by atoms with van der Waals surface area (Å²) >= 11 is 0. The van der Waals surface area contributed by atoms with Crippen LogP contribution in [0.25, 0.3) is 0 Å². The first kappa shape index (κ1) is 9.90. The van der Waals surface area contributed by atoms with Crippen LogP contribution in [0.15, 0.2) is 36.4 Å². The number of nitrogen functional groups attached to an aromatic ring is 2. The number of carbonyl (C=O) groups is 1. The van der Waals surface area contributed by atoms with E-state index in [4.69, 9.17) is 11.5 Å². The molecule has 0 bridgehead atoms. The van der Waals surface area contributed by atoms with Gasteiger partial charge in [0.05, 0.1) is 0 Å². The third kappa shape index (κ3) is 1.47. The van der Waals surface area contributed by atoms with E-state index in [1.165, 1.54) is 0 Å². The molecule has 1 aliphatic rings. The van der Waals surface area contributed by atoms with Gasteiger partial charge in [-0.3, -0.25) is 4.79 Å². The van der Waals surface area contributed by atoms with Crippen molar-refractivity contribution >= 4 is 17.2 Å². The number of rotatable bonds is 0. The number of carbonyl (C=O) groups excluding carboxylic acids is 1. The summed E-state index contributed by atoms with van der Waals surface area (Å²) in [5.41, 5.74) is 16.3. The molecule has 3 rings (SSSR count). The number of fused-ring (bicyclic) bond motifs is 2. The van der Waals surface area contributed by atoms with Crippen LogP contribution in [0.5, 0.6) is 0 Å². The first-order valence-corrected chi connectivity index (χ1v) is 5.46. The molecular weight excluding hydrogens is 212 g/mol. The van der Waals surface area contributed by atoms with E-state index in [0.29, 0.717) is 17.8 Å². The second-order valence-corrected chi connectivity index (χ2v) is 4.34. The van der Waals surface area contributed by atoms with E-state index in [1.807, 2.05) is 12.1 Å². The quantitative estimate of drug-likeness (QED) is 0.574. The Morgan fingerprint density at radius 2 is 1.29 bits per heavy atom. The lowest BCUT2D eigenvalue weighted by molar-refractivity contribution is 0.103. The summed E-state index contributed by atoms with van der Waals surface area (Å²) in [6.07, 6.45) is 0.715. The summed E-state index contributed by atoms with van der Waals surface area (Å²) < 4.78 is 0. The van der Waals surface area contributed by atoms with Crippen LogP contribution in [0.1, 0.15) is 27.0 Å². The summed E-state index contributed by atoms with van der Waals surface area (Å²) in [5, 5.41) is 0. The number of anilines is 2. The fraction of sp³-hybridized carbons (Fsp3) is 0.0714. The zero-order valence-corrected chi connectivity index (χ0v) is 9.23. The molecule has 17 heavy (non-hydrogen) atoms. The van der Waals surface area contributed by atoms with Gasteiger partial charge in [0.1, 0.15) is 0 Å². The smallest absolute Gasteiger partial charge is 0.193 e. The van der Waals surface area contributed by atoms with Crippen molar-refractivity contribution < 1.29 is 4.79 Å². The average molecular weight is 224 g/mol. The molecule has 0 heterocycles. The molecule has 0 radical (unpaired) electrons. The number of ketones is 1. The minimum absolute atomic E-state index is 0.0567. The predicted molar refractivity (Wildman–Crippen MR) is 67.9 cm³/mol. The molecule has 4 N–H and O–H groups in total. The van der Waals surface area contributed by atoms with Crippen molar-refractivity contribution in [2.24, 2.45) is 0 Å². The van der Waals surface area contributed by atoms with Gasteiger partial charge in [-0.05, 0) is 53.9 Å². The third-order valence-electron chi connectivity index (χ3n) is 3.13. The lowest BCUT2D eigenvalue weighted by atomic mass is 9.84. The minimum atomic E-state index is 0.0567. The first-order valence-electron chi connectivity index (χ1n) is 5.46. The van der Waals surface area contributed by atoms with Crippen molar-refractivity contribution in [1.82, 2.24) is 0 Å². The predicted octanol–water partition coefficient (Wildman–Crippen LogP) is 1.99. The highest BCUT2D eigenvalue weighted by molar-refractivity contribution is 6.12. The number of hydrogen-bond donors (Lipinski definition) is 2. The fourth-order valence-corrected chi connectivity index (χ4v) is 2.31. The highest BCUT2D eigenvalue weighted by Gasteiger charge is 2.22. The Hall–Kier alpha value is -2.29. The van der Waals surface area contributed by atoms with Gasteiger partial charge < -0.3 is 11.5 Å². The molecule has 1 aliphatic carbocycles. The molecule has 3 heteroatoms. The molecule has 3 nitrogen and oxygen atoms in total. The summed E-state index contributed by atoms with van der Waals surface area (Å²) in [6, 6.07) is 10.8. The summed E-state index contributed by atoms with van der Waals surface area (Å²) in [6.45, 7) is 0. The zero-order chi connectivity index (χ0) is 12.0. The second-order valence-electron chi connectivity index (χ2n) is 4.34. The zero-order valence-electron chi connectivity index (χ0n) is 9.23. The standard InChI is InChI=1S/C14H12N2O/c15-10-1-3-12-8(6-10)5-9-7-11(16)2-4-13(9)14(12)17/h1-4,6-7H,5,15-16H2. The van der Waals surface area contributed by atoms with Gasteiger partial charge in [0.15, 0.2) is 5.78 Å². The monoisotopic (exact) mass is 224 g/mol. The SMILES string of the molecule is Nc1ccc2c(c1)Cc1cc(N)ccc1C2=O. The molecule has 0 fully saturated rings. The van der Waals surface area contributed by atoms with Crippen molar-refractivity contribution in [3.05, 3.63) is 58.7 Å². The Bertz CT molecular complexity index is 579. The maximum Gasteiger partial charge on any atom is 0.193 e. The summed E-state index contributed by atoms with van der Waals surface area (Å²) in [7, 11) is 0. The summed E-state index contributed by atoms with van der Waals surface area (Å²) in [4.78, 5) is 12.2. The molecule has 0 amide bonds. The molecule has 0 aromatic heterocycles. The molecule has 2 aromatic carbocycles. The Balaban J connectivity index is 2.21. The van der Waals surface area contributed by atoms with Gasteiger partial charge in [-0.25, -0.2) is 0 Å². The molecule has 0 saturated carbocycles. The van der Waals surface area contributed by atoms with E-state index in [0.717, 1.165) is 22.3 Å². The number of benzene rings is 2. The van der Waals surface area contributed by atoms with Crippen molar-refractivity contribution in [1.29, 1.82) is 0 Å². The molecule has 0 spiro atoms. The van der Waals surface area contributed by atoms with E-state index in [-0.39, 0.29) is 5.78 Å². The highest BCUT2D eigenvalue weighted by atomic mass is 16.1. The number of hydrogen-bond acceptors (Lipinski definition) is 3. The van der Waals surface area contributed by atoms with E-state index >= 15 is 0 Å². The maximum atomic E-state index is 12.2. The topological polar surface area (TPSA) is 69.1 Å². The largest absolute Gasteiger partial charge is 0.399 e.